The minimum atomic E-state index is -1.70. The molecule has 2 aliphatic heterocycles. The topological polar surface area (TPSA) is 114 Å². The van der Waals surface area contributed by atoms with Gasteiger partial charge in [-0.2, -0.15) is 15.8 Å². The zero-order valence-electron chi connectivity index (χ0n) is 17.5. The molecule has 2 saturated heterocycles. The van der Waals surface area contributed by atoms with Gasteiger partial charge in [-0.25, -0.2) is 0 Å². The van der Waals surface area contributed by atoms with Crippen LogP contribution in [0.4, 0.5) is 0 Å². The highest BCUT2D eigenvalue weighted by Gasteiger charge is 2.79. The minimum absolute atomic E-state index is 0.236. The molecule has 2 heterocycles. The zero-order chi connectivity index (χ0) is 21.0. The van der Waals surface area contributed by atoms with Crippen molar-refractivity contribution < 1.29 is 9.47 Å². The molecule has 6 heteroatoms. The molecule has 4 atom stereocenters. The summed E-state index contributed by atoms with van der Waals surface area (Å²) in [5.74, 6) is -1.70. The van der Waals surface area contributed by atoms with E-state index in [0.29, 0.717) is 19.3 Å². The summed E-state index contributed by atoms with van der Waals surface area (Å²) in [7, 11) is 0. The normalized spacial score (nSPS) is 35.2. The molecule has 3 aliphatic rings. The van der Waals surface area contributed by atoms with Crippen molar-refractivity contribution in [1.29, 1.82) is 21.2 Å². The molecule has 0 spiro atoms. The Morgan fingerprint density at radius 3 is 2.34 bits per heavy atom. The van der Waals surface area contributed by atoms with Crippen LogP contribution < -0.4 is 0 Å². The third-order valence-electron chi connectivity index (χ3n) is 7.25. The second-order valence-corrected chi connectivity index (χ2v) is 8.86. The summed E-state index contributed by atoms with van der Waals surface area (Å²) < 4.78 is 12.5. The third kappa shape index (κ3) is 3.21. The Hall–Kier alpha value is -2.10. The summed E-state index contributed by atoms with van der Waals surface area (Å²) in [5, 5.41) is 39.2. The fraction of sp³-hybridized carbons (Fsp3) is 0.826. The Morgan fingerprint density at radius 1 is 0.966 bits per heavy atom. The summed E-state index contributed by atoms with van der Waals surface area (Å²) in [5.41, 5.74) is -3.24. The van der Waals surface area contributed by atoms with Gasteiger partial charge in [0.05, 0.1) is 30.2 Å². The lowest BCUT2D eigenvalue weighted by atomic mass is 9.52. The van der Waals surface area contributed by atoms with Crippen LogP contribution in [0, 0.1) is 56.2 Å². The SMILES string of the molecule is CCCCCCCCC1OC23CCCCCCC2C(C#N)(C(=N)O3)C1(C#N)C#N. The van der Waals surface area contributed by atoms with E-state index in [1.807, 2.05) is 0 Å². The van der Waals surface area contributed by atoms with Crippen molar-refractivity contribution >= 4 is 5.90 Å². The van der Waals surface area contributed by atoms with Crippen molar-refractivity contribution in [2.24, 2.45) is 16.7 Å². The number of rotatable bonds is 7. The molecule has 3 fully saturated rings. The molecule has 6 nitrogen and oxygen atoms in total. The van der Waals surface area contributed by atoms with Gasteiger partial charge in [-0.05, 0) is 19.3 Å². The first-order valence-electron chi connectivity index (χ1n) is 11.3. The van der Waals surface area contributed by atoms with Gasteiger partial charge in [-0.3, -0.25) is 5.41 Å². The van der Waals surface area contributed by atoms with Gasteiger partial charge in [-0.15, -0.1) is 0 Å². The monoisotopic (exact) mass is 396 g/mol. The minimum Gasteiger partial charge on any atom is -0.447 e. The Bertz CT molecular complexity index is 731. The second-order valence-electron chi connectivity index (χ2n) is 8.86. The van der Waals surface area contributed by atoms with Crippen molar-refractivity contribution in [3.63, 3.8) is 0 Å². The molecule has 29 heavy (non-hydrogen) atoms. The Labute approximate surface area is 174 Å². The van der Waals surface area contributed by atoms with Gasteiger partial charge in [0.25, 0.3) is 0 Å². The fourth-order valence-corrected chi connectivity index (χ4v) is 5.70. The molecule has 1 N–H and O–H groups in total. The van der Waals surface area contributed by atoms with Crippen LogP contribution >= 0.6 is 0 Å². The molecule has 2 bridgehead atoms. The summed E-state index contributed by atoms with van der Waals surface area (Å²) in [6.07, 6.45) is 11.6. The standard InChI is InChI=1S/C23H32N4O2/c1-2-3-4-5-6-10-13-19-21(15-24,16-25)22(17-26)18-12-9-7-8-11-14-23(18,28-19)29-20(22)27/h18-19,27H,2-14H2,1H3. The van der Waals surface area contributed by atoms with Gasteiger partial charge in [0, 0.05) is 6.42 Å². The van der Waals surface area contributed by atoms with E-state index >= 15 is 0 Å². The third-order valence-corrected chi connectivity index (χ3v) is 7.25. The van der Waals surface area contributed by atoms with Gasteiger partial charge < -0.3 is 9.47 Å². The van der Waals surface area contributed by atoms with Gasteiger partial charge in [-0.1, -0.05) is 64.7 Å². The lowest BCUT2D eigenvalue weighted by Crippen LogP contribution is -2.62. The largest absolute Gasteiger partial charge is 0.447 e. The molecular weight excluding hydrogens is 364 g/mol. The molecule has 0 aromatic carbocycles. The van der Waals surface area contributed by atoms with E-state index < -0.39 is 28.6 Å². The molecule has 1 aliphatic carbocycles. The number of hydrogen-bond acceptors (Lipinski definition) is 6. The van der Waals surface area contributed by atoms with Crippen LogP contribution in [0.3, 0.4) is 0 Å². The smallest absolute Gasteiger partial charge is 0.217 e. The van der Waals surface area contributed by atoms with E-state index in [1.54, 1.807) is 0 Å². The molecule has 0 radical (unpaired) electrons. The maximum absolute atomic E-state index is 10.3. The number of nitrogens with one attached hydrogen (secondary N) is 1. The first kappa shape index (κ1) is 21.6. The maximum Gasteiger partial charge on any atom is 0.217 e. The summed E-state index contributed by atoms with van der Waals surface area (Å²) in [6.45, 7) is 2.18. The van der Waals surface area contributed by atoms with Crippen LogP contribution in [0.15, 0.2) is 0 Å². The number of hydrogen-bond donors (Lipinski definition) is 1. The van der Waals surface area contributed by atoms with Crippen LogP contribution in [0.25, 0.3) is 0 Å². The fourth-order valence-electron chi connectivity index (χ4n) is 5.70. The zero-order valence-corrected chi connectivity index (χ0v) is 17.5. The first-order chi connectivity index (χ1) is 14.1. The summed E-state index contributed by atoms with van der Waals surface area (Å²) in [4.78, 5) is 0. The van der Waals surface area contributed by atoms with Gasteiger partial charge in [0.2, 0.25) is 11.7 Å². The van der Waals surface area contributed by atoms with Crippen LogP contribution in [0.2, 0.25) is 0 Å². The van der Waals surface area contributed by atoms with Crippen molar-refractivity contribution in [2.75, 3.05) is 0 Å². The van der Waals surface area contributed by atoms with Crippen LogP contribution in [-0.2, 0) is 9.47 Å². The van der Waals surface area contributed by atoms with E-state index in [4.69, 9.17) is 14.9 Å². The maximum atomic E-state index is 10.3. The van der Waals surface area contributed by atoms with Crippen molar-refractivity contribution in [1.82, 2.24) is 0 Å². The molecule has 156 valence electrons. The predicted molar refractivity (Wildman–Crippen MR) is 107 cm³/mol. The van der Waals surface area contributed by atoms with E-state index in [-0.39, 0.29) is 5.90 Å². The number of unbranched alkanes of at least 4 members (excludes halogenated alkanes) is 5. The van der Waals surface area contributed by atoms with Crippen molar-refractivity contribution in [3.8, 4) is 18.2 Å². The highest BCUT2D eigenvalue weighted by atomic mass is 16.7. The van der Waals surface area contributed by atoms with Gasteiger partial charge in [0.1, 0.15) is 0 Å². The number of nitrogens with zero attached hydrogens (tertiary/aromatic N) is 3. The lowest BCUT2D eigenvalue weighted by molar-refractivity contribution is -0.287. The summed E-state index contributed by atoms with van der Waals surface area (Å²) in [6, 6.07) is 6.60. The first-order valence-corrected chi connectivity index (χ1v) is 11.3. The van der Waals surface area contributed by atoms with Crippen LogP contribution in [-0.4, -0.2) is 17.8 Å². The molecule has 4 unspecified atom stereocenters. The Morgan fingerprint density at radius 2 is 1.66 bits per heavy atom. The van der Waals surface area contributed by atoms with E-state index in [9.17, 15) is 15.8 Å². The Kier molecular flexibility index (Phi) is 6.50. The molecule has 0 amide bonds. The molecular formula is C23H32N4O2. The van der Waals surface area contributed by atoms with Crippen molar-refractivity contribution in [3.05, 3.63) is 0 Å². The highest BCUT2D eigenvalue weighted by Crippen LogP contribution is 2.65. The van der Waals surface area contributed by atoms with E-state index in [0.717, 1.165) is 44.9 Å². The van der Waals surface area contributed by atoms with Crippen LogP contribution in [0.5, 0.6) is 0 Å². The van der Waals surface area contributed by atoms with Gasteiger partial charge >= 0.3 is 0 Å². The average molecular weight is 397 g/mol. The lowest BCUT2D eigenvalue weighted by Gasteiger charge is -2.50. The Balaban J connectivity index is 1.93. The molecule has 3 rings (SSSR count). The molecule has 0 aromatic heterocycles. The quantitative estimate of drug-likeness (QED) is 0.582. The second kappa shape index (κ2) is 8.73. The predicted octanol–water partition coefficient (Wildman–Crippen LogP) is 5.35. The van der Waals surface area contributed by atoms with Crippen LogP contribution in [0.1, 0.15) is 90.4 Å². The molecule has 0 aromatic rings. The van der Waals surface area contributed by atoms with E-state index in [2.05, 4.69) is 25.1 Å². The molecule has 1 saturated carbocycles. The summed E-state index contributed by atoms with van der Waals surface area (Å²) >= 11 is 0. The number of nitriles is 3. The van der Waals surface area contributed by atoms with Gasteiger partial charge in [0.15, 0.2) is 10.8 Å². The number of ether oxygens (including phenoxy) is 2. The van der Waals surface area contributed by atoms with Crippen molar-refractivity contribution in [2.45, 2.75) is 102 Å². The average Bonchev–Trinajstić information content (AvgIpc) is 2.88. The van der Waals surface area contributed by atoms with E-state index in [1.165, 1.54) is 19.3 Å². The highest BCUT2D eigenvalue weighted by molar-refractivity contribution is 5.89.